The number of benzene rings is 2. The summed E-state index contributed by atoms with van der Waals surface area (Å²) in [4.78, 5) is 39.2. The number of aryl methyl sites for hydroxylation is 1. The first-order chi connectivity index (χ1) is 13.9. The van der Waals surface area contributed by atoms with E-state index in [-0.39, 0.29) is 23.8 Å². The lowest BCUT2D eigenvalue weighted by Crippen LogP contribution is -2.28. The molecule has 0 bridgehead atoms. The number of non-ortho nitro benzene ring substituents is 1. The van der Waals surface area contributed by atoms with Gasteiger partial charge in [-0.2, -0.15) is 0 Å². The normalized spacial score (nSPS) is 17.1. The van der Waals surface area contributed by atoms with Crippen LogP contribution in [-0.4, -0.2) is 34.3 Å². The first kappa shape index (κ1) is 20.3. The Morgan fingerprint density at radius 2 is 2.03 bits per heavy atom. The average molecular weight is 414 g/mol. The number of hydrogen-bond donors (Lipinski definition) is 2. The largest absolute Gasteiger partial charge is 0.494 e. The van der Waals surface area contributed by atoms with Crippen molar-refractivity contribution < 1.29 is 19.2 Å². The lowest BCUT2D eigenvalue weighted by molar-refractivity contribution is -0.384. The van der Waals surface area contributed by atoms with Gasteiger partial charge in [-0.15, -0.1) is 0 Å². The van der Waals surface area contributed by atoms with Crippen LogP contribution in [0.2, 0.25) is 0 Å². The first-order valence-corrected chi connectivity index (χ1v) is 9.49. The van der Waals surface area contributed by atoms with Crippen LogP contribution in [0.1, 0.15) is 12.0 Å². The number of thioether (sulfide) groups is 1. The van der Waals surface area contributed by atoms with Crippen LogP contribution in [0.3, 0.4) is 0 Å². The number of aliphatic imine (C=N–C) groups is 1. The molecule has 2 aromatic rings. The van der Waals surface area contributed by atoms with E-state index in [9.17, 15) is 19.7 Å². The van der Waals surface area contributed by atoms with Gasteiger partial charge in [0.15, 0.2) is 5.17 Å². The topological polar surface area (TPSA) is 123 Å². The fraction of sp³-hybridized carbons (Fsp3) is 0.211. The summed E-state index contributed by atoms with van der Waals surface area (Å²) in [5.74, 6) is -0.550. The number of amides is 2. The Morgan fingerprint density at radius 3 is 2.69 bits per heavy atom. The molecule has 0 aromatic heterocycles. The second kappa shape index (κ2) is 8.74. The Kier molecular flexibility index (Phi) is 6.13. The molecule has 0 radical (unpaired) electrons. The molecular formula is C19H18N4O5S. The van der Waals surface area contributed by atoms with E-state index in [1.54, 1.807) is 0 Å². The van der Waals surface area contributed by atoms with Crippen LogP contribution in [-0.2, 0) is 9.59 Å². The summed E-state index contributed by atoms with van der Waals surface area (Å²) in [6, 6.07) is 11.4. The van der Waals surface area contributed by atoms with Gasteiger partial charge in [0.05, 0.1) is 29.5 Å². The zero-order valence-electron chi connectivity index (χ0n) is 15.7. The zero-order chi connectivity index (χ0) is 21.0. The highest BCUT2D eigenvalue weighted by Crippen LogP contribution is 2.30. The number of hydrogen-bond acceptors (Lipinski definition) is 7. The van der Waals surface area contributed by atoms with Crippen molar-refractivity contribution in [3.8, 4) is 5.75 Å². The number of methoxy groups -OCH3 is 1. The van der Waals surface area contributed by atoms with E-state index in [1.807, 2.05) is 31.2 Å². The fourth-order valence-corrected chi connectivity index (χ4v) is 3.58. The van der Waals surface area contributed by atoms with Crippen LogP contribution in [0.5, 0.6) is 5.75 Å². The second-order valence-electron chi connectivity index (χ2n) is 6.24. The molecule has 9 nitrogen and oxygen atoms in total. The summed E-state index contributed by atoms with van der Waals surface area (Å²) in [5, 5.41) is 16.0. The molecule has 1 atom stereocenters. The van der Waals surface area contributed by atoms with Crippen LogP contribution in [0, 0.1) is 17.0 Å². The number of nitro benzene ring substituents is 1. The van der Waals surface area contributed by atoms with Gasteiger partial charge in [0.2, 0.25) is 11.8 Å². The molecule has 0 saturated carbocycles. The van der Waals surface area contributed by atoms with E-state index in [2.05, 4.69) is 15.6 Å². The SMILES string of the molecule is COc1cc([N+](=O)[O-])ccc1NC(=O)CC1SC(=Nc2ccc(C)cc2)NC1=O. The summed E-state index contributed by atoms with van der Waals surface area (Å²) in [6.45, 7) is 1.97. The number of nitro groups is 1. The smallest absolute Gasteiger partial charge is 0.273 e. The number of carbonyl (C=O) groups is 2. The van der Waals surface area contributed by atoms with Gasteiger partial charge in [-0.1, -0.05) is 29.5 Å². The van der Waals surface area contributed by atoms with E-state index >= 15 is 0 Å². The van der Waals surface area contributed by atoms with Crippen molar-refractivity contribution in [3.63, 3.8) is 0 Å². The molecule has 2 N–H and O–H groups in total. The van der Waals surface area contributed by atoms with E-state index in [4.69, 9.17) is 4.74 Å². The van der Waals surface area contributed by atoms with Gasteiger partial charge in [0.25, 0.3) is 5.69 Å². The average Bonchev–Trinajstić information content (AvgIpc) is 3.02. The predicted molar refractivity (Wildman–Crippen MR) is 111 cm³/mol. The van der Waals surface area contributed by atoms with E-state index in [0.29, 0.717) is 16.5 Å². The highest BCUT2D eigenvalue weighted by molar-refractivity contribution is 8.15. The molecule has 2 amide bonds. The van der Waals surface area contributed by atoms with Gasteiger partial charge in [-0.05, 0) is 25.1 Å². The molecule has 1 aliphatic heterocycles. The summed E-state index contributed by atoms with van der Waals surface area (Å²) >= 11 is 1.18. The Balaban J connectivity index is 1.64. The van der Waals surface area contributed by atoms with Gasteiger partial charge < -0.3 is 15.4 Å². The minimum Gasteiger partial charge on any atom is -0.494 e. The molecule has 0 aliphatic carbocycles. The van der Waals surface area contributed by atoms with Gasteiger partial charge in [-0.3, -0.25) is 19.7 Å². The monoisotopic (exact) mass is 414 g/mol. The Bertz CT molecular complexity index is 991. The molecule has 1 heterocycles. The van der Waals surface area contributed by atoms with Gasteiger partial charge in [-0.25, -0.2) is 4.99 Å². The van der Waals surface area contributed by atoms with Crippen molar-refractivity contribution in [2.24, 2.45) is 4.99 Å². The fourth-order valence-electron chi connectivity index (χ4n) is 2.60. The molecule has 3 rings (SSSR count). The molecule has 150 valence electrons. The van der Waals surface area contributed by atoms with Crippen molar-refractivity contribution in [2.75, 3.05) is 12.4 Å². The van der Waals surface area contributed by atoms with Gasteiger partial charge in [0, 0.05) is 12.5 Å². The highest BCUT2D eigenvalue weighted by atomic mass is 32.2. The van der Waals surface area contributed by atoms with E-state index in [0.717, 1.165) is 5.56 Å². The van der Waals surface area contributed by atoms with E-state index in [1.165, 1.54) is 37.1 Å². The van der Waals surface area contributed by atoms with E-state index < -0.39 is 16.1 Å². The number of anilines is 1. The molecule has 1 fully saturated rings. The second-order valence-corrected chi connectivity index (χ2v) is 7.43. The standard InChI is InChI=1S/C19H18N4O5S/c1-11-3-5-12(6-4-11)20-19-22-18(25)16(29-19)10-17(24)21-14-8-7-13(23(26)27)9-15(14)28-2/h3-9,16H,10H2,1-2H3,(H,21,24)(H,20,22,25). The number of nitrogens with zero attached hydrogens (tertiary/aromatic N) is 2. The molecule has 29 heavy (non-hydrogen) atoms. The van der Waals surface area contributed by atoms with Crippen LogP contribution in [0.4, 0.5) is 17.1 Å². The maximum atomic E-state index is 12.4. The Morgan fingerprint density at radius 1 is 1.31 bits per heavy atom. The molecule has 1 saturated heterocycles. The third kappa shape index (κ3) is 5.11. The van der Waals surface area contributed by atoms with Crippen molar-refractivity contribution in [2.45, 2.75) is 18.6 Å². The quantitative estimate of drug-likeness (QED) is 0.553. The number of rotatable bonds is 6. The molecular weight excluding hydrogens is 396 g/mol. The van der Waals surface area contributed by atoms with Crippen LogP contribution >= 0.6 is 11.8 Å². The Hall–Kier alpha value is -3.40. The minimum absolute atomic E-state index is 0.0798. The summed E-state index contributed by atoms with van der Waals surface area (Å²) in [7, 11) is 1.35. The Labute approximate surface area is 170 Å². The van der Waals surface area contributed by atoms with Crippen LogP contribution in [0.15, 0.2) is 47.5 Å². The van der Waals surface area contributed by atoms with Crippen molar-refractivity contribution in [1.29, 1.82) is 0 Å². The van der Waals surface area contributed by atoms with Gasteiger partial charge in [0.1, 0.15) is 11.0 Å². The maximum Gasteiger partial charge on any atom is 0.273 e. The van der Waals surface area contributed by atoms with Crippen molar-refractivity contribution in [1.82, 2.24) is 5.32 Å². The van der Waals surface area contributed by atoms with Gasteiger partial charge >= 0.3 is 0 Å². The molecule has 10 heteroatoms. The lowest BCUT2D eigenvalue weighted by Gasteiger charge is -2.11. The number of ether oxygens (including phenoxy) is 1. The minimum atomic E-state index is -0.622. The number of amidine groups is 1. The maximum absolute atomic E-state index is 12.4. The van der Waals surface area contributed by atoms with Crippen LogP contribution in [0.25, 0.3) is 0 Å². The first-order valence-electron chi connectivity index (χ1n) is 8.61. The molecule has 0 spiro atoms. The predicted octanol–water partition coefficient (Wildman–Crippen LogP) is 3.16. The van der Waals surface area contributed by atoms with Crippen molar-refractivity contribution >= 4 is 45.8 Å². The number of nitrogens with one attached hydrogen (secondary N) is 2. The third-order valence-electron chi connectivity index (χ3n) is 4.08. The molecule has 2 aromatic carbocycles. The summed E-state index contributed by atoms with van der Waals surface area (Å²) < 4.78 is 5.10. The molecule has 1 unspecified atom stereocenters. The zero-order valence-corrected chi connectivity index (χ0v) is 16.5. The lowest BCUT2D eigenvalue weighted by atomic mass is 10.2. The van der Waals surface area contributed by atoms with Crippen LogP contribution < -0.4 is 15.4 Å². The third-order valence-corrected chi connectivity index (χ3v) is 5.16. The summed E-state index contributed by atoms with van der Waals surface area (Å²) in [5.41, 5.74) is 1.95. The van der Waals surface area contributed by atoms with Crippen molar-refractivity contribution in [3.05, 3.63) is 58.1 Å². The number of carbonyl (C=O) groups excluding carboxylic acids is 2. The molecule has 1 aliphatic rings. The summed E-state index contributed by atoms with van der Waals surface area (Å²) in [6.07, 6.45) is -0.0798. The highest BCUT2D eigenvalue weighted by Gasteiger charge is 2.32.